The Kier molecular flexibility index (Phi) is 8.30. The number of amides is 2. The van der Waals surface area contributed by atoms with E-state index < -0.39 is 23.8 Å². The maximum Gasteiger partial charge on any atom is 0.355 e. The number of carboxylic acid groups (broad SMARTS) is 2. The van der Waals surface area contributed by atoms with Crippen LogP contribution in [0.1, 0.15) is 55.8 Å². The number of pyridine rings is 1. The number of aliphatic carboxylic acids is 1. The lowest BCUT2D eigenvalue weighted by Crippen LogP contribution is -2.25. The molecule has 3 heterocycles. The lowest BCUT2D eigenvalue weighted by molar-refractivity contribution is -0.136. The summed E-state index contributed by atoms with van der Waals surface area (Å²) < 4.78 is 6.05. The first-order chi connectivity index (χ1) is 20.2. The molecule has 0 unspecified atom stereocenters. The quantitative estimate of drug-likeness (QED) is 0.211. The van der Waals surface area contributed by atoms with Crippen molar-refractivity contribution in [2.24, 2.45) is 0 Å². The fourth-order valence-electron chi connectivity index (χ4n) is 4.70. The minimum Gasteiger partial charge on any atom is -0.493 e. The average Bonchev–Trinajstić information content (AvgIpc) is 3.37. The number of aromatic carboxylic acids is 1. The minimum absolute atomic E-state index is 0.0497. The number of hydrogen-bond acceptors (Lipinski definition) is 7. The third kappa shape index (κ3) is 6.01. The summed E-state index contributed by atoms with van der Waals surface area (Å²) in [6.07, 6.45) is 1.23. The number of nitrogens with zero attached hydrogens (tertiary/aromatic N) is 1. The van der Waals surface area contributed by atoms with E-state index in [1.807, 2.05) is 18.4 Å². The zero-order valence-electron chi connectivity index (χ0n) is 22.6. The molecule has 10 nitrogen and oxygen atoms in total. The third-order valence-electron chi connectivity index (χ3n) is 6.71. The van der Waals surface area contributed by atoms with Gasteiger partial charge in [0.15, 0.2) is 5.69 Å². The number of nitrogens with one attached hydrogen (secondary N) is 2. The summed E-state index contributed by atoms with van der Waals surface area (Å²) >= 11 is 1.52. The van der Waals surface area contributed by atoms with Gasteiger partial charge in [0.2, 0.25) is 0 Å². The van der Waals surface area contributed by atoms with E-state index in [0.29, 0.717) is 48.6 Å². The first-order valence-electron chi connectivity index (χ1n) is 13.3. The van der Waals surface area contributed by atoms with Gasteiger partial charge in [-0.3, -0.25) is 14.4 Å². The van der Waals surface area contributed by atoms with Crippen LogP contribution in [0, 0.1) is 0 Å². The number of hydrogen-bond donors (Lipinski definition) is 4. The van der Waals surface area contributed by atoms with Crippen LogP contribution in [0.15, 0.2) is 60.0 Å². The van der Waals surface area contributed by atoms with Gasteiger partial charge in [-0.1, -0.05) is 19.1 Å². The number of ether oxygens (including phenoxy) is 1. The van der Waals surface area contributed by atoms with Crippen molar-refractivity contribution >= 4 is 40.8 Å². The second-order valence-corrected chi connectivity index (χ2v) is 10.6. The van der Waals surface area contributed by atoms with Crippen LogP contribution in [0.2, 0.25) is 0 Å². The molecule has 0 saturated heterocycles. The van der Waals surface area contributed by atoms with Crippen LogP contribution < -0.4 is 15.4 Å². The summed E-state index contributed by atoms with van der Waals surface area (Å²) in [5.41, 5.74) is 2.99. The van der Waals surface area contributed by atoms with E-state index in [4.69, 9.17) is 9.84 Å². The molecule has 2 amide bonds. The molecule has 1 aliphatic heterocycles. The van der Waals surface area contributed by atoms with Gasteiger partial charge in [-0.05, 0) is 65.4 Å². The summed E-state index contributed by atoms with van der Waals surface area (Å²) in [4.78, 5) is 54.8. The van der Waals surface area contributed by atoms with Crippen molar-refractivity contribution in [2.75, 3.05) is 18.5 Å². The molecular weight excluding hydrogens is 558 g/mol. The highest BCUT2D eigenvalue weighted by Gasteiger charge is 2.26. The standard InChI is InChI=1S/C31H27N3O7S/c1-2-11-32-30(38)24-8-7-20(27(34-24)31(39)40)21-16-25-23(28-18(9-12-41-25)10-13-42-28)15-22(21)29(37)33-19-5-3-17(4-6-19)14-26(35)36/h3-8,10,13,15-16H,2,9,11-12,14H2,1H3,(H,32,38)(H,33,37)(H,35,36)(H,39,40). The van der Waals surface area contributed by atoms with Gasteiger partial charge < -0.3 is 25.6 Å². The largest absolute Gasteiger partial charge is 0.493 e. The Morgan fingerprint density at radius 2 is 1.74 bits per heavy atom. The molecule has 214 valence electrons. The summed E-state index contributed by atoms with van der Waals surface area (Å²) in [5, 5.41) is 26.6. The molecule has 4 N–H and O–H groups in total. The van der Waals surface area contributed by atoms with Gasteiger partial charge in [0.1, 0.15) is 11.4 Å². The maximum atomic E-state index is 13.8. The second kappa shape index (κ2) is 12.2. The molecule has 0 spiro atoms. The van der Waals surface area contributed by atoms with Gasteiger partial charge in [-0.15, -0.1) is 11.3 Å². The van der Waals surface area contributed by atoms with Gasteiger partial charge in [0.25, 0.3) is 11.8 Å². The van der Waals surface area contributed by atoms with E-state index in [0.717, 1.165) is 10.4 Å². The smallest absolute Gasteiger partial charge is 0.355 e. The molecule has 0 radical (unpaired) electrons. The first kappa shape index (κ1) is 28.5. The highest BCUT2D eigenvalue weighted by atomic mass is 32.1. The van der Waals surface area contributed by atoms with Crippen molar-refractivity contribution in [3.05, 3.63) is 88.1 Å². The van der Waals surface area contributed by atoms with Crippen molar-refractivity contribution in [1.82, 2.24) is 10.3 Å². The molecule has 1 aliphatic rings. The van der Waals surface area contributed by atoms with Gasteiger partial charge in [-0.2, -0.15) is 0 Å². The van der Waals surface area contributed by atoms with Crippen LogP contribution in [-0.4, -0.2) is 52.1 Å². The van der Waals surface area contributed by atoms with Gasteiger partial charge in [-0.25, -0.2) is 9.78 Å². The highest BCUT2D eigenvalue weighted by Crippen LogP contribution is 2.43. The molecule has 4 aromatic rings. The molecular formula is C31H27N3O7S. The van der Waals surface area contributed by atoms with Gasteiger partial charge >= 0.3 is 11.9 Å². The summed E-state index contributed by atoms with van der Waals surface area (Å²) in [6, 6.07) is 14.7. The van der Waals surface area contributed by atoms with Crippen molar-refractivity contribution in [3.63, 3.8) is 0 Å². The van der Waals surface area contributed by atoms with Crippen molar-refractivity contribution in [3.8, 4) is 27.3 Å². The predicted octanol–water partition coefficient (Wildman–Crippen LogP) is 5.13. The number of carboxylic acids is 2. The number of carbonyl (C=O) groups excluding carboxylic acids is 2. The Hall–Kier alpha value is -5.03. The minimum atomic E-state index is -1.35. The molecule has 42 heavy (non-hydrogen) atoms. The maximum absolute atomic E-state index is 13.8. The first-order valence-corrected chi connectivity index (χ1v) is 14.2. The van der Waals surface area contributed by atoms with Crippen molar-refractivity contribution < 1.29 is 34.1 Å². The van der Waals surface area contributed by atoms with Gasteiger partial charge in [0, 0.05) is 45.8 Å². The van der Waals surface area contributed by atoms with E-state index in [2.05, 4.69) is 15.6 Å². The fourth-order valence-corrected chi connectivity index (χ4v) is 5.68. The van der Waals surface area contributed by atoms with E-state index in [9.17, 15) is 24.3 Å². The zero-order chi connectivity index (χ0) is 29.8. The number of benzene rings is 2. The number of fused-ring (bicyclic) bond motifs is 3. The molecule has 0 aliphatic carbocycles. The van der Waals surface area contributed by atoms with Crippen LogP contribution >= 0.6 is 11.3 Å². The third-order valence-corrected chi connectivity index (χ3v) is 7.70. The number of anilines is 1. The van der Waals surface area contributed by atoms with E-state index in [1.54, 1.807) is 36.4 Å². The summed E-state index contributed by atoms with van der Waals surface area (Å²) in [7, 11) is 0. The highest BCUT2D eigenvalue weighted by molar-refractivity contribution is 7.13. The number of thiophene rings is 1. The Morgan fingerprint density at radius 3 is 2.45 bits per heavy atom. The Balaban J connectivity index is 1.62. The molecule has 2 aromatic heterocycles. The van der Waals surface area contributed by atoms with Crippen LogP contribution in [0.25, 0.3) is 21.6 Å². The van der Waals surface area contributed by atoms with Crippen molar-refractivity contribution in [1.29, 1.82) is 0 Å². The Morgan fingerprint density at radius 1 is 0.952 bits per heavy atom. The summed E-state index contributed by atoms with van der Waals surface area (Å²) in [5.74, 6) is -2.82. The lowest BCUT2D eigenvalue weighted by Gasteiger charge is -2.17. The molecule has 0 fully saturated rings. The summed E-state index contributed by atoms with van der Waals surface area (Å²) in [6.45, 7) is 2.72. The van der Waals surface area contributed by atoms with Crippen LogP contribution in [0.3, 0.4) is 0 Å². The zero-order valence-corrected chi connectivity index (χ0v) is 23.4. The molecule has 0 bridgehead atoms. The molecule has 0 atom stereocenters. The predicted molar refractivity (Wildman–Crippen MR) is 158 cm³/mol. The fraction of sp³-hybridized carbons (Fsp3) is 0.194. The van der Waals surface area contributed by atoms with E-state index in [1.165, 1.54) is 23.5 Å². The van der Waals surface area contributed by atoms with Crippen LogP contribution in [0.5, 0.6) is 5.75 Å². The van der Waals surface area contributed by atoms with Crippen LogP contribution in [0.4, 0.5) is 5.69 Å². The monoisotopic (exact) mass is 585 g/mol. The topological polar surface area (TPSA) is 155 Å². The molecule has 5 rings (SSSR count). The molecule has 0 saturated carbocycles. The van der Waals surface area contributed by atoms with Crippen LogP contribution in [-0.2, 0) is 17.6 Å². The normalized spacial score (nSPS) is 11.8. The van der Waals surface area contributed by atoms with E-state index in [-0.39, 0.29) is 34.5 Å². The van der Waals surface area contributed by atoms with Crippen molar-refractivity contribution in [2.45, 2.75) is 26.2 Å². The average molecular weight is 586 g/mol. The number of rotatable bonds is 9. The van der Waals surface area contributed by atoms with E-state index >= 15 is 0 Å². The molecule has 11 heteroatoms. The second-order valence-electron chi connectivity index (χ2n) is 9.64. The SMILES string of the molecule is CCCNC(=O)c1ccc(-c2cc3c(cc2C(=O)Nc2ccc(CC(=O)O)cc2)-c2sccc2CCO3)c(C(=O)O)n1. The number of aromatic nitrogens is 1. The number of carbonyl (C=O) groups is 4. The Bertz CT molecular complexity index is 1700. The van der Waals surface area contributed by atoms with Gasteiger partial charge in [0.05, 0.1) is 13.0 Å². The lowest BCUT2D eigenvalue weighted by atomic mass is 9.93. The molecule has 2 aromatic carbocycles. The Labute approximate surface area is 245 Å².